The lowest BCUT2D eigenvalue weighted by atomic mass is 10.1. The summed E-state index contributed by atoms with van der Waals surface area (Å²) in [7, 11) is 1.03. The highest BCUT2D eigenvalue weighted by Crippen LogP contribution is 2.41. The number of aldehydes is 1. The monoisotopic (exact) mass is 559 g/mol. The average Bonchev–Trinajstić information content (AvgIpc) is 3.52. The van der Waals surface area contributed by atoms with Crippen LogP contribution in [0.25, 0.3) is 10.6 Å². The highest BCUT2D eigenvalue weighted by atomic mass is 32.1. The summed E-state index contributed by atoms with van der Waals surface area (Å²) < 4.78 is 94.8. The van der Waals surface area contributed by atoms with Gasteiger partial charge in [-0.2, -0.15) is 22.0 Å². The van der Waals surface area contributed by atoms with E-state index in [1.165, 1.54) is 12.1 Å². The molecule has 1 unspecified atom stereocenters. The van der Waals surface area contributed by atoms with Gasteiger partial charge in [0.25, 0.3) is 6.23 Å². The maximum atomic E-state index is 15.4. The number of benzene rings is 2. The van der Waals surface area contributed by atoms with E-state index in [9.17, 15) is 18.0 Å². The van der Waals surface area contributed by atoms with Crippen molar-refractivity contribution >= 4 is 23.5 Å². The van der Waals surface area contributed by atoms with Crippen LogP contribution < -0.4 is 14.8 Å². The van der Waals surface area contributed by atoms with E-state index in [2.05, 4.69) is 15.5 Å². The Kier molecular flexibility index (Phi) is 7.54. The van der Waals surface area contributed by atoms with Gasteiger partial charge in [0, 0.05) is 5.56 Å². The second-order valence-corrected chi connectivity index (χ2v) is 9.01. The van der Waals surface area contributed by atoms with E-state index in [4.69, 9.17) is 14.3 Å². The minimum Gasteiger partial charge on any atom is -0.493 e. The molecular formula is C24H19F6N3O4S. The van der Waals surface area contributed by atoms with Crippen molar-refractivity contribution in [3.05, 3.63) is 63.4 Å². The number of methoxy groups -OCH3 is 1. The molecule has 4 rings (SSSR count). The zero-order chi connectivity index (χ0) is 27.8. The Bertz CT molecular complexity index is 1390. The lowest BCUT2D eigenvalue weighted by Crippen LogP contribution is -2.32. The minimum atomic E-state index is -4.49. The van der Waals surface area contributed by atoms with Crippen LogP contribution in [0, 0.1) is 24.4 Å². The van der Waals surface area contributed by atoms with Crippen molar-refractivity contribution in [2.45, 2.75) is 38.8 Å². The molecule has 2 atom stereocenters. The molecule has 0 spiro atoms. The molecule has 3 aromatic rings. The summed E-state index contributed by atoms with van der Waals surface area (Å²) in [6, 6.07) is 4.38. The number of carbonyl (C=O) groups is 1. The van der Waals surface area contributed by atoms with Crippen molar-refractivity contribution in [3.63, 3.8) is 0 Å². The highest BCUT2D eigenvalue weighted by Gasteiger charge is 2.35. The van der Waals surface area contributed by atoms with Gasteiger partial charge in [0.2, 0.25) is 11.6 Å². The number of nitrogens with zero attached hydrogens (tertiary/aromatic N) is 2. The lowest BCUT2D eigenvalue weighted by molar-refractivity contribution is -0.137. The maximum absolute atomic E-state index is 15.4. The van der Waals surface area contributed by atoms with Crippen LogP contribution in [0.15, 0.2) is 29.4 Å². The van der Waals surface area contributed by atoms with Gasteiger partial charge in [-0.3, -0.25) is 4.79 Å². The average molecular weight is 559 g/mol. The molecule has 7 nitrogen and oxygen atoms in total. The number of alkyl halides is 3. The zero-order valence-electron chi connectivity index (χ0n) is 20.0. The predicted octanol–water partition coefficient (Wildman–Crippen LogP) is 5.90. The first kappa shape index (κ1) is 27.2. The molecule has 0 amide bonds. The summed E-state index contributed by atoms with van der Waals surface area (Å²) in [5.74, 6) is -6.81. The summed E-state index contributed by atoms with van der Waals surface area (Å²) >= 11 is 1.06. The predicted molar refractivity (Wildman–Crippen MR) is 124 cm³/mol. The molecule has 2 heterocycles. The Morgan fingerprint density at radius 2 is 1.82 bits per heavy atom. The Labute approximate surface area is 216 Å². The lowest BCUT2D eigenvalue weighted by Gasteiger charge is -2.20. The molecule has 1 aliphatic rings. The highest BCUT2D eigenvalue weighted by molar-refractivity contribution is 7.15. The third-order valence-electron chi connectivity index (χ3n) is 5.55. The van der Waals surface area contributed by atoms with Gasteiger partial charge in [0.05, 0.1) is 23.2 Å². The number of halogens is 6. The van der Waals surface area contributed by atoms with Crippen molar-refractivity contribution in [3.8, 4) is 22.1 Å². The standard InChI is InChI=1S/C24H19F6N3O4S/c1-4-13(21-10(2)31-23(38-21)11-5-7-12(8-6-11)24(28,29)30)36-20-17(26)16(25)15(19(35-3)18(20)27)22-32-14(9-34)37-33-22/h5-9,13-14H,4H2,1-3H3,(H,32,33)/t13-,14?/m1/s1. The fourth-order valence-corrected chi connectivity index (χ4v) is 4.88. The molecule has 1 aliphatic heterocycles. The van der Waals surface area contributed by atoms with Gasteiger partial charge in [0.15, 0.2) is 29.4 Å². The van der Waals surface area contributed by atoms with Gasteiger partial charge < -0.3 is 19.6 Å². The van der Waals surface area contributed by atoms with Gasteiger partial charge >= 0.3 is 6.18 Å². The quantitative estimate of drug-likeness (QED) is 0.210. The van der Waals surface area contributed by atoms with E-state index in [0.29, 0.717) is 27.4 Å². The third kappa shape index (κ3) is 4.99. The molecule has 0 radical (unpaired) electrons. The molecule has 38 heavy (non-hydrogen) atoms. The Morgan fingerprint density at radius 1 is 1.13 bits per heavy atom. The minimum absolute atomic E-state index is 0.184. The van der Waals surface area contributed by atoms with Crippen molar-refractivity contribution in [1.82, 2.24) is 10.3 Å². The number of hydrogen-bond acceptors (Lipinski definition) is 8. The maximum Gasteiger partial charge on any atom is 0.416 e. The molecule has 0 saturated heterocycles. The van der Waals surface area contributed by atoms with Crippen molar-refractivity contribution < 1.29 is 45.4 Å². The number of oxime groups is 1. The van der Waals surface area contributed by atoms with Crippen molar-refractivity contribution in [1.29, 1.82) is 0 Å². The molecule has 0 fully saturated rings. The summed E-state index contributed by atoms with van der Waals surface area (Å²) in [6.45, 7) is 3.27. The molecular weight excluding hydrogens is 540 g/mol. The first-order valence-electron chi connectivity index (χ1n) is 11.0. The van der Waals surface area contributed by atoms with Crippen molar-refractivity contribution in [2.75, 3.05) is 7.11 Å². The number of aromatic nitrogens is 1. The van der Waals surface area contributed by atoms with Gasteiger partial charge in [0.1, 0.15) is 16.7 Å². The first-order chi connectivity index (χ1) is 18.0. The fourth-order valence-electron chi connectivity index (χ4n) is 3.70. The van der Waals surface area contributed by atoms with Crippen LogP contribution in [-0.4, -0.2) is 30.4 Å². The number of amidine groups is 1. The molecule has 2 aromatic carbocycles. The Hall–Kier alpha value is -3.81. The van der Waals surface area contributed by atoms with Gasteiger partial charge in [-0.15, -0.1) is 11.3 Å². The summed E-state index contributed by atoms with van der Waals surface area (Å²) in [5.41, 5.74) is -0.724. The molecule has 1 N–H and O–H groups in total. The van der Waals surface area contributed by atoms with Gasteiger partial charge in [-0.25, -0.2) is 9.37 Å². The number of rotatable bonds is 8. The smallest absolute Gasteiger partial charge is 0.416 e. The molecule has 202 valence electrons. The normalized spacial score (nSPS) is 15.9. The van der Waals surface area contributed by atoms with E-state index in [0.717, 1.165) is 30.6 Å². The fraction of sp³-hybridized carbons (Fsp3) is 0.292. The van der Waals surface area contributed by atoms with E-state index < -0.39 is 64.4 Å². The largest absolute Gasteiger partial charge is 0.493 e. The van der Waals surface area contributed by atoms with E-state index in [1.54, 1.807) is 13.8 Å². The van der Waals surface area contributed by atoms with Gasteiger partial charge in [-0.05, 0) is 25.5 Å². The number of nitrogens with one attached hydrogen (secondary N) is 1. The second kappa shape index (κ2) is 10.5. The van der Waals surface area contributed by atoms with Crippen LogP contribution in [0.4, 0.5) is 26.3 Å². The van der Waals surface area contributed by atoms with E-state index >= 15 is 13.2 Å². The summed E-state index contributed by atoms with van der Waals surface area (Å²) in [4.78, 5) is 20.4. The Balaban J connectivity index is 1.68. The van der Waals surface area contributed by atoms with Crippen LogP contribution in [0.3, 0.4) is 0 Å². The van der Waals surface area contributed by atoms with Crippen LogP contribution in [0.1, 0.15) is 41.1 Å². The number of carbonyl (C=O) groups excluding carboxylic acids is 1. The topological polar surface area (TPSA) is 82.0 Å². The van der Waals surface area contributed by atoms with Crippen LogP contribution >= 0.6 is 11.3 Å². The van der Waals surface area contributed by atoms with Gasteiger partial charge in [-0.1, -0.05) is 24.2 Å². The van der Waals surface area contributed by atoms with E-state index in [1.807, 2.05) is 0 Å². The van der Waals surface area contributed by atoms with Crippen LogP contribution in [0.5, 0.6) is 11.5 Å². The van der Waals surface area contributed by atoms with Crippen molar-refractivity contribution in [2.24, 2.45) is 5.16 Å². The molecule has 14 heteroatoms. The number of hydrogen-bond donors (Lipinski definition) is 1. The zero-order valence-corrected chi connectivity index (χ0v) is 20.8. The Morgan fingerprint density at radius 3 is 2.37 bits per heavy atom. The summed E-state index contributed by atoms with van der Waals surface area (Å²) in [5, 5.41) is 6.16. The first-order valence-corrected chi connectivity index (χ1v) is 11.8. The molecule has 1 aromatic heterocycles. The second-order valence-electron chi connectivity index (χ2n) is 7.98. The molecule has 0 saturated carbocycles. The van der Waals surface area contributed by atoms with E-state index in [-0.39, 0.29) is 6.42 Å². The number of aryl methyl sites for hydroxylation is 1. The molecule has 0 bridgehead atoms. The van der Waals surface area contributed by atoms with Crippen LogP contribution in [0.2, 0.25) is 0 Å². The number of ether oxygens (including phenoxy) is 2. The molecule has 0 aliphatic carbocycles. The van der Waals surface area contributed by atoms with Crippen LogP contribution in [-0.2, 0) is 15.8 Å². The SMILES string of the molecule is CC[C@@H](Oc1c(F)c(F)c(C2=NOC(C=O)N2)c(OC)c1F)c1sc(-c2ccc(C(F)(F)F)cc2)nc1C. The summed E-state index contributed by atoms with van der Waals surface area (Å²) in [6.07, 6.45) is -6.25. The third-order valence-corrected chi connectivity index (χ3v) is 6.85. The number of thiazole rings is 1.